The van der Waals surface area contributed by atoms with Crippen LogP contribution in [-0.2, 0) is 6.54 Å². The maximum Gasteiger partial charge on any atom is 0.181 e. The fourth-order valence-corrected chi connectivity index (χ4v) is 1.72. The van der Waals surface area contributed by atoms with Crippen LogP contribution in [0.25, 0.3) is 0 Å². The van der Waals surface area contributed by atoms with Crippen molar-refractivity contribution in [1.82, 2.24) is 9.88 Å². The van der Waals surface area contributed by atoms with Gasteiger partial charge in [-0.2, -0.15) is 0 Å². The molecule has 2 heterocycles. The molecule has 0 aliphatic carbocycles. The van der Waals surface area contributed by atoms with E-state index < -0.39 is 5.60 Å². The van der Waals surface area contributed by atoms with Crippen molar-refractivity contribution in [3.63, 3.8) is 0 Å². The molecular formula is C9H14N2O2. The number of likely N-dealkylation sites (tertiary alicyclic amines) is 1. The van der Waals surface area contributed by atoms with Gasteiger partial charge in [0.2, 0.25) is 0 Å². The number of β-amino-alcohol motifs (C(OH)–C–C–N with tert-alkyl or cyclic N) is 1. The largest absolute Gasteiger partial charge is 0.448 e. The van der Waals surface area contributed by atoms with Gasteiger partial charge in [0.05, 0.1) is 11.3 Å². The third kappa shape index (κ3) is 1.73. The second-order valence-electron chi connectivity index (χ2n) is 4.00. The Bertz CT molecular complexity index is 298. The lowest BCUT2D eigenvalue weighted by molar-refractivity contribution is -0.0876. The van der Waals surface area contributed by atoms with E-state index in [0.717, 1.165) is 31.1 Å². The van der Waals surface area contributed by atoms with Crippen molar-refractivity contribution >= 4 is 0 Å². The molecule has 0 saturated carbocycles. The van der Waals surface area contributed by atoms with Crippen LogP contribution in [0.5, 0.6) is 0 Å². The molecule has 1 saturated heterocycles. The summed E-state index contributed by atoms with van der Waals surface area (Å²) in [5.41, 5.74) is 0.466. The number of hydrogen-bond acceptors (Lipinski definition) is 4. The van der Waals surface area contributed by atoms with Crippen LogP contribution in [0, 0.1) is 6.92 Å². The summed E-state index contributed by atoms with van der Waals surface area (Å²) in [7, 11) is 0. The molecule has 0 atom stereocenters. The molecule has 0 amide bonds. The Labute approximate surface area is 77.2 Å². The summed E-state index contributed by atoms with van der Waals surface area (Å²) < 4.78 is 5.09. The highest BCUT2D eigenvalue weighted by molar-refractivity contribution is 5.06. The molecule has 0 aromatic carbocycles. The van der Waals surface area contributed by atoms with Gasteiger partial charge >= 0.3 is 0 Å². The lowest BCUT2D eigenvalue weighted by Crippen LogP contribution is -2.59. The molecule has 0 bridgehead atoms. The summed E-state index contributed by atoms with van der Waals surface area (Å²) in [6, 6.07) is 0. The minimum absolute atomic E-state index is 0.502. The van der Waals surface area contributed by atoms with Gasteiger partial charge in [-0.05, 0) is 13.8 Å². The van der Waals surface area contributed by atoms with Gasteiger partial charge in [0.1, 0.15) is 5.76 Å². The van der Waals surface area contributed by atoms with Gasteiger partial charge in [-0.3, -0.25) is 4.90 Å². The van der Waals surface area contributed by atoms with Crippen LogP contribution in [0.3, 0.4) is 0 Å². The molecule has 1 aliphatic heterocycles. The van der Waals surface area contributed by atoms with E-state index in [0.29, 0.717) is 0 Å². The van der Waals surface area contributed by atoms with Crippen molar-refractivity contribution < 1.29 is 9.52 Å². The first-order valence-electron chi connectivity index (χ1n) is 4.40. The molecule has 1 aliphatic rings. The predicted molar refractivity (Wildman–Crippen MR) is 47.1 cm³/mol. The molecular weight excluding hydrogens is 168 g/mol. The summed E-state index contributed by atoms with van der Waals surface area (Å²) in [6.45, 7) is 5.97. The lowest BCUT2D eigenvalue weighted by atomic mass is 9.97. The maximum atomic E-state index is 9.50. The third-order valence-corrected chi connectivity index (χ3v) is 2.35. The van der Waals surface area contributed by atoms with Crippen molar-refractivity contribution in [2.24, 2.45) is 0 Å². The second kappa shape index (κ2) is 2.82. The first kappa shape index (κ1) is 8.72. The molecule has 0 spiro atoms. The van der Waals surface area contributed by atoms with Crippen LogP contribution in [0.1, 0.15) is 18.4 Å². The van der Waals surface area contributed by atoms with Gasteiger partial charge in [-0.25, -0.2) is 4.98 Å². The number of aliphatic hydroxyl groups is 1. The zero-order valence-corrected chi connectivity index (χ0v) is 7.95. The topological polar surface area (TPSA) is 49.5 Å². The minimum Gasteiger partial charge on any atom is -0.448 e. The van der Waals surface area contributed by atoms with Gasteiger partial charge in [0.25, 0.3) is 0 Å². The molecule has 0 unspecified atom stereocenters. The van der Waals surface area contributed by atoms with E-state index in [2.05, 4.69) is 9.88 Å². The molecule has 0 radical (unpaired) electrons. The zero-order chi connectivity index (χ0) is 9.47. The third-order valence-electron chi connectivity index (χ3n) is 2.35. The van der Waals surface area contributed by atoms with E-state index in [-0.39, 0.29) is 0 Å². The molecule has 1 aromatic heterocycles. The monoisotopic (exact) mass is 182 g/mol. The Kier molecular flexibility index (Phi) is 1.89. The lowest BCUT2D eigenvalue weighted by Gasteiger charge is -2.43. The molecule has 1 fully saturated rings. The Hall–Kier alpha value is -0.870. The van der Waals surface area contributed by atoms with Gasteiger partial charge in [-0.1, -0.05) is 0 Å². The van der Waals surface area contributed by atoms with Gasteiger partial charge < -0.3 is 9.52 Å². The quantitative estimate of drug-likeness (QED) is 0.725. The first-order valence-corrected chi connectivity index (χ1v) is 4.40. The fourth-order valence-electron chi connectivity index (χ4n) is 1.72. The standard InChI is InChI=1S/C9H14N2O2/c1-7-8(10-6-13-7)3-11-4-9(2,12)5-11/h6,12H,3-5H2,1-2H3. The van der Waals surface area contributed by atoms with Crippen LogP contribution in [0.4, 0.5) is 0 Å². The summed E-state index contributed by atoms with van der Waals surface area (Å²) >= 11 is 0. The highest BCUT2D eigenvalue weighted by Gasteiger charge is 2.36. The number of nitrogens with zero attached hydrogens (tertiary/aromatic N) is 2. The van der Waals surface area contributed by atoms with Gasteiger partial charge in [-0.15, -0.1) is 0 Å². The minimum atomic E-state index is -0.502. The highest BCUT2D eigenvalue weighted by atomic mass is 16.3. The molecule has 4 nitrogen and oxygen atoms in total. The Morgan fingerprint density at radius 3 is 2.85 bits per heavy atom. The molecule has 1 aromatic rings. The van der Waals surface area contributed by atoms with Crippen molar-refractivity contribution in [3.8, 4) is 0 Å². The first-order chi connectivity index (χ1) is 6.07. The maximum absolute atomic E-state index is 9.50. The Morgan fingerprint density at radius 2 is 2.38 bits per heavy atom. The predicted octanol–water partition coefficient (Wildman–Crippen LogP) is 0.550. The van der Waals surface area contributed by atoms with E-state index >= 15 is 0 Å². The zero-order valence-electron chi connectivity index (χ0n) is 7.95. The average molecular weight is 182 g/mol. The van der Waals surface area contributed by atoms with E-state index in [1.165, 1.54) is 6.39 Å². The molecule has 4 heteroatoms. The van der Waals surface area contributed by atoms with E-state index in [1.54, 1.807) is 0 Å². The van der Waals surface area contributed by atoms with Crippen LogP contribution in [0.15, 0.2) is 10.8 Å². The summed E-state index contributed by atoms with van der Waals surface area (Å²) in [5.74, 6) is 0.867. The van der Waals surface area contributed by atoms with Crippen molar-refractivity contribution in [1.29, 1.82) is 0 Å². The van der Waals surface area contributed by atoms with Crippen molar-refractivity contribution in [2.75, 3.05) is 13.1 Å². The van der Waals surface area contributed by atoms with Crippen LogP contribution >= 0.6 is 0 Å². The fraction of sp³-hybridized carbons (Fsp3) is 0.667. The van der Waals surface area contributed by atoms with Gasteiger partial charge in [0, 0.05) is 19.6 Å². The Balaban J connectivity index is 1.91. The van der Waals surface area contributed by atoms with E-state index in [9.17, 15) is 5.11 Å². The summed E-state index contributed by atoms with van der Waals surface area (Å²) in [6.07, 6.45) is 1.46. The molecule has 72 valence electrons. The molecule has 1 N–H and O–H groups in total. The number of aromatic nitrogens is 1. The van der Waals surface area contributed by atoms with E-state index in [4.69, 9.17) is 4.42 Å². The van der Waals surface area contributed by atoms with Crippen molar-refractivity contribution in [3.05, 3.63) is 17.8 Å². The SMILES string of the molecule is Cc1ocnc1CN1CC(C)(O)C1. The molecule has 13 heavy (non-hydrogen) atoms. The highest BCUT2D eigenvalue weighted by Crippen LogP contribution is 2.22. The van der Waals surface area contributed by atoms with Crippen LogP contribution < -0.4 is 0 Å². The number of rotatable bonds is 2. The summed E-state index contributed by atoms with van der Waals surface area (Å²) in [5, 5.41) is 9.50. The van der Waals surface area contributed by atoms with Crippen LogP contribution in [0.2, 0.25) is 0 Å². The second-order valence-corrected chi connectivity index (χ2v) is 4.00. The number of aryl methyl sites for hydroxylation is 1. The Morgan fingerprint density at radius 1 is 1.69 bits per heavy atom. The van der Waals surface area contributed by atoms with Crippen LogP contribution in [-0.4, -0.2) is 33.7 Å². The number of oxazole rings is 1. The summed E-state index contributed by atoms with van der Waals surface area (Å²) in [4.78, 5) is 6.24. The van der Waals surface area contributed by atoms with E-state index in [1.807, 2.05) is 13.8 Å². The normalized spacial score (nSPS) is 21.5. The average Bonchev–Trinajstić information content (AvgIpc) is 2.33. The molecule has 2 rings (SSSR count). The van der Waals surface area contributed by atoms with Gasteiger partial charge in [0.15, 0.2) is 6.39 Å². The van der Waals surface area contributed by atoms with Crippen molar-refractivity contribution in [2.45, 2.75) is 26.0 Å². The number of hydrogen-bond donors (Lipinski definition) is 1. The smallest absolute Gasteiger partial charge is 0.181 e.